The van der Waals surface area contributed by atoms with Crippen LogP contribution in [0.3, 0.4) is 0 Å². The van der Waals surface area contributed by atoms with Gasteiger partial charge in [-0.1, -0.05) is 0 Å². The lowest BCUT2D eigenvalue weighted by molar-refractivity contribution is 0.167. The molecule has 1 aliphatic heterocycles. The smallest absolute Gasteiger partial charge is 0.144 e. The minimum absolute atomic E-state index is 0.498. The molecular weight excluding hydrogens is 216 g/mol. The third-order valence-electron chi connectivity index (χ3n) is 3.01. The summed E-state index contributed by atoms with van der Waals surface area (Å²) in [6, 6.07) is 5.85. The molecule has 0 saturated carbocycles. The molecule has 0 aromatic heterocycles. The van der Waals surface area contributed by atoms with Gasteiger partial charge in [0.25, 0.3) is 0 Å². The maximum absolute atomic E-state index is 5.90. The Kier molecular flexibility index (Phi) is 3.74. The Morgan fingerprint density at radius 3 is 2.94 bits per heavy atom. The first-order valence-electron chi connectivity index (χ1n) is 5.94. The molecule has 94 valence electrons. The Morgan fingerprint density at radius 2 is 2.29 bits per heavy atom. The van der Waals surface area contributed by atoms with Gasteiger partial charge in [0.05, 0.1) is 18.9 Å². The molecule has 0 amide bonds. The zero-order chi connectivity index (χ0) is 12.3. The number of nitrogen functional groups attached to an aromatic ring is 1. The van der Waals surface area contributed by atoms with E-state index in [-0.39, 0.29) is 0 Å². The van der Waals surface area contributed by atoms with Crippen LogP contribution < -0.4 is 15.4 Å². The number of hydrogen-bond acceptors (Lipinski definition) is 4. The van der Waals surface area contributed by atoms with Crippen molar-refractivity contribution < 1.29 is 9.47 Å². The lowest BCUT2D eigenvalue weighted by Gasteiger charge is -2.17. The minimum Gasteiger partial charge on any atom is -0.491 e. The largest absolute Gasteiger partial charge is 0.491 e. The highest BCUT2D eigenvalue weighted by atomic mass is 16.5. The van der Waals surface area contributed by atoms with Crippen LogP contribution in [0, 0.1) is 5.92 Å². The van der Waals surface area contributed by atoms with Gasteiger partial charge < -0.3 is 20.1 Å². The Balaban J connectivity index is 2.00. The van der Waals surface area contributed by atoms with E-state index in [1.807, 2.05) is 37.2 Å². The van der Waals surface area contributed by atoms with E-state index in [2.05, 4.69) is 0 Å². The van der Waals surface area contributed by atoms with Gasteiger partial charge >= 0.3 is 0 Å². The molecule has 1 aromatic rings. The summed E-state index contributed by atoms with van der Waals surface area (Å²) in [5, 5.41) is 0. The van der Waals surface area contributed by atoms with Crippen molar-refractivity contribution in [2.75, 3.05) is 44.5 Å². The van der Waals surface area contributed by atoms with Gasteiger partial charge in [0.1, 0.15) is 5.75 Å². The number of hydrogen-bond donors (Lipinski definition) is 1. The van der Waals surface area contributed by atoms with Gasteiger partial charge in [-0.3, -0.25) is 0 Å². The summed E-state index contributed by atoms with van der Waals surface area (Å²) < 4.78 is 11.1. The molecule has 0 radical (unpaired) electrons. The molecule has 1 aromatic carbocycles. The molecule has 2 rings (SSSR count). The summed E-state index contributed by atoms with van der Waals surface area (Å²) in [6.07, 6.45) is 1.08. The zero-order valence-electron chi connectivity index (χ0n) is 10.5. The molecule has 0 bridgehead atoms. The molecule has 1 heterocycles. The molecule has 1 unspecified atom stereocenters. The third-order valence-corrected chi connectivity index (χ3v) is 3.01. The predicted molar refractivity (Wildman–Crippen MR) is 69.6 cm³/mol. The van der Waals surface area contributed by atoms with Crippen LogP contribution >= 0.6 is 0 Å². The summed E-state index contributed by atoms with van der Waals surface area (Å²) in [7, 11) is 4.00. The quantitative estimate of drug-likeness (QED) is 0.809. The molecule has 0 spiro atoms. The Morgan fingerprint density at radius 1 is 1.47 bits per heavy atom. The number of benzene rings is 1. The lowest BCUT2D eigenvalue weighted by Crippen LogP contribution is -2.13. The summed E-state index contributed by atoms with van der Waals surface area (Å²) in [5.74, 6) is 1.26. The van der Waals surface area contributed by atoms with E-state index in [0.717, 1.165) is 31.1 Å². The van der Waals surface area contributed by atoms with Gasteiger partial charge in [-0.15, -0.1) is 0 Å². The van der Waals surface area contributed by atoms with Crippen LogP contribution in [-0.4, -0.2) is 33.9 Å². The van der Waals surface area contributed by atoms with Crippen molar-refractivity contribution in [3.8, 4) is 5.75 Å². The summed E-state index contributed by atoms with van der Waals surface area (Å²) in [6.45, 7) is 2.33. The van der Waals surface area contributed by atoms with E-state index < -0.39 is 0 Å². The number of rotatable bonds is 4. The van der Waals surface area contributed by atoms with E-state index in [4.69, 9.17) is 15.2 Å². The standard InChI is InChI=1S/C13H20N2O2/c1-15(2)11-3-4-12(14)13(7-11)17-9-10-5-6-16-8-10/h3-4,7,10H,5-6,8-9,14H2,1-2H3. The molecule has 1 atom stereocenters. The van der Waals surface area contributed by atoms with Gasteiger partial charge in [0.2, 0.25) is 0 Å². The Hall–Kier alpha value is -1.42. The first kappa shape index (κ1) is 12.0. The fourth-order valence-electron chi connectivity index (χ4n) is 1.85. The molecular formula is C13H20N2O2. The van der Waals surface area contributed by atoms with Gasteiger partial charge in [0.15, 0.2) is 0 Å². The fourth-order valence-corrected chi connectivity index (χ4v) is 1.85. The lowest BCUT2D eigenvalue weighted by atomic mass is 10.1. The van der Waals surface area contributed by atoms with Gasteiger partial charge in [-0.05, 0) is 18.6 Å². The molecule has 1 fully saturated rings. The van der Waals surface area contributed by atoms with Crippen molar-refractivity contribution in [3.63, 3.8) is 0 Å². The first-order chi connectivity index (χ1) is 8.16. The van der Waals surface area contributed by atoms with E-state index >= 15 is 0 Å². The summed E-state index contributed by atoms with van der Waals surface area (Å²) >= 11 is 0. The second-order valence-corrected chi connectivity index (χ2v) is 4.66. The SMILES string of the molecule is CN(C)c1ccc(N)c(OCC2CCOC2)c1. The normalized spacial score (nSPS) is 19.3. The second kappa shape index (κ2) is 5.27. The van der Waals surface area contributed by atoms with Crippen molar-refractivity contribution in [2.24, 2.45) is 5.92 Å². The van der Waals surface area contributed by atoms with E-state index in [9.17, 15) is 0 Å². The van der Waals surface area contributed by atoms with Crippen LogP contribution in [-0.2, 0) is 4.74 Å². The van der Waals surface area contributed by atoms with Crippen molar-refractivity contribution in [1.82, 2.24) is 0 Å². The number of nitrogens with two attached hydrogens (primary N) is 1. The second-order valence-electron chi connectivity index (χ2n) is 4.66. The minimum atomic E-state index is 0.498. The number of nitrogens with zero attached hydrogens (tertiary/aromatic N) is 1. The van der Waals surface area contributed by atoms with Gasteiger partial charge in [-0.2, -0.15) is 0 Å². The van der Waals surface area contributed by atoms with Crippen LogP contribution in [0.15, 0.2) is 18.2 Å². The Labute approximate surface area is 102 Å². The maximum Gasteiger partial charge on any atom is 0.144 e. The van der Waals surface area contributed by atoms with Crippen LogP contribution in [0.4, 0.5) is 11.4 Å². The van der Waals surface area contributed by atoms with E-state index in [1.165, 1.54) is 0 Å². The predicted octanol–water partition coefficient (Wildman–Crippen LogP) is 1.75. The average Bonchev–Trinajstić information content (AvgIpc) is 2.80. The summed E-state index contributed by atoms with van der Waals surface area (Å²) in [5.41, 5.74) is 7.68. The van der Waals surface area contributed by atoms with Crippen LogP contribution in [0.1, 0.15) is 6.42 Å². The van der Waals surface area contributed by atoms with Crippen LogP contribution in [0.25, 0.3) is 0 Å². The van der Waals surface area contributed by atoms with Crippen molar-refractivity contribution in [3.05, 3.63) is 18.2 Å². The Bertz CT molecular complexity index is 374. The first-order valence-corrected chi connectivity index (χ1v) is 5.94. The molecule has 17 heavy (non-hydrogen) atoms. The maximum atomic E-state index is 5.90. The number of anilines is 2. The topological polar surface area (TPSA) is 47.7 Å². The average molecular weight is 236 g/mol. The van der Waals surface area contributed by atoms with Crippen LogP contribution in [0.2, 0.25) is 0 Å². The highest BCUT2D eigenvalue weighted by molar-refractivity contribution is 5.61. The molecule has 1 aliphatic rings. The highest BCUT2D eigenvalue weighted by Gasteiger charge is 2.16. The van der Waals surface area contributed by atoms with Gasteiger partial charge in [-0.25, -0.2) is 0 Å². The van der Waals surface area contributed by atoms with Crippen molar-refractivity contribution in [2.45, 2.75) is 6.42 Å². The highest BCUT2D eigenvalue weighted by Crippen LogP contribution is 2.27. The molecule has 2 N–H and O–H groups in total. The summed E-state index contributed by atoms with van der Waals surface area (Å²) in [4.78, 5) is 2.03. The molecule has 1 saturated heterocycles. The fraction of sp³-hybridized carbons (Fsp3) is 0.538. The molecule has 0 aliphatic carbocycles. The van der Waals surface area contributed by atoms with Crippen LogP contribution in [0.5, 0.6) is 5.75 Å². The van der Waals surface area contributed by atoms with Crippen molar-refractivity contribution in [1.29, 1.82) is 0 Å². The zero-order valence-corrected chi connectivity index (χ0v) is 10.5. The van der Waals surface area contributed by atoms with Crippen molar-refractivity contribution >= 4 is 11.4 Å². The number of ether oxygens (including phenoxy) is 2. The monoisotopic (exact) mass is 236 g/mol. The third kappa shape index (κ3) is 3.03. The molecule has 4 nitrogen and oxygen atoms in total. The van der Waals surface area contributed by atoms with E-state index in [1.54, 1.807) is 0 Å². The van der Waals surface area contributed by atoms with E-state index in [0.29, 0.717) is 18.2 Å². The molecule has 4 heteroatoms. The van der Waals surface area contributed by atoms with Gasteiger partial charge in [0, 0.05) is 38.4 Å².